The summed E-state index contributed by atoms with van der Waals surface area (Å²) in [7, 11) is 0. The van der Waals surface area contributed by atoms with Crippen LogP contribution in [0.3, 0.4) is 0 Å². The normalized spacial score (nSPS) is 10.6. The molecule has 3 heteroatoms. The predicted octanol–water partition coefficient (Wildman–Crippen LogP) is 1.09. The SMILES string of the molecule is Cc1ccc(C=CC(N)=O)o1. The van der Waals surface area contributed by atoms with Gasteiger partial charge in [-0.2, -0.15) is 0 Å². The number of carbonyl (C=O) groups is 1. The van der Waals surface area contributed by atoms with Crippen LogP contribution >= 0.6 is 0 Å². The van der Waals surface area contributed by atoms with Gasteiger partial charge in [-0.15, -0.1) is 0 Å². The van der Waals surface area contributed by atoms with Crippen LogP contribution in [0.15, 0.2) is 22.6 Å². The fourth-order valence-electron chi connectivity index (χ4n) is 0.707. The Labute approximate surface area is 64.5 Å². The average Bonchev–Trinajstić information content (AvgIpc) is 2.31. The molecule has 0 fully saturated rings. The maximum absolute atomic E-state index is 10.3. The van der Waals surface area contributed by atoms with E-state index < -0.39 is 5.91 Å². The first-order valence-corrected chi connectivity index (χ1v) is 3.22. The summed E-state index contributed by atoms with van der Waals surface area (Å²) >= 11 is 0. The van der Waals surface area contributed by atoms with Crippen molar-refractivity contribution in [3.63, 3.8) is 0 Å². The molecule has 0 aromatic carbocycles. The highest BCUT2D eigenvalue weighted by molar-refractivity contribution is 5.89. The number of rotatable bonds is 2. The minimum atomic E-state index is -0.473. The Morgan fingerprint density at radius 2 is 2.36 bits per heavy atom. The third-order valence-electron chi connectivity index (χ3n) is 1.17. The molecule has 0 aliphatic carbocycles. The zero-order chi connectivity index (χ0) is 8.27. The van der Waals surface area contributed by atoms with E-state index in [0.717, 1.165) is 5.76 Å². The van der Waals surface area contributed by atoms with Gasteiger partial charge in [0.05, 0.1) is 0 Å². The number of nitrogens with two attached hydrogens (primary N) is 1. The third-order valence-corrected chi connectivity index (χ3v) is 1.17. The van der Waals surface area contributed by atoms with Crippen LogP contribution in [0.4, 0.5) is 0 Å². The van der Waals surface area contributed by atoms with Crippen LogP contribution in [0.1, 0.15) is 11.5 Å². The molecule has 11 heavy (non-hydrogen) atoms. The smallest absolute Gasteiger partial charge is 0.241 e. The Bertz CT molecular complexity index is 286. The van der Waals surface area contributed by atoms with Crippen molar-refractivity contribution in [2.45, 2.75) is 6.92 Å². The molecule has 0 spiro atoms. The molecule has 0 aliphatic rings. The maximum atomic E-state index is 10.3. The molecule has 1 amide bonds. The van der Waals surface area contributed by atoms with Crippen molar-refractivity contribution in [3.05, 3.63) is 29.7 Å². The molecule has 3 nitrogen and oxygen atoms in total. The molecular weight excluding hydrogens is 142 g/mol. The number of primary amides is 1. The molecule has 1 aromatic rings. The Hall–Kier alpha value is -1.51. The number of aryl methyl sites for hydroxylation is 1. The van der Waals surface area contributed by atoms with Crippen LogP contribution in [-0.2, 0) is 4.79 Å². The van der Waals surface area contributed by atoms with Gasteiger partial charge in [-0.1, -0.05) is 0 Å². The van der Waals surface area contributed by atoms with Gasteiger partial charge in [0.15, 0.2) is 0 Å². The summed E-state index contributed by atoms with van der Waals surface area (Å²) in [5.74, 6) is 0.981. The lowest BCUT2D eigenvalue weighted by molar-refractivity contribution is -0.113. The highest BCUT2D eigenvalue weighted by Crippen LogP contribution is 2.07. The van der Waals surface area contributed by atoms with E-state index in [4.69, 9.17) is 10.2 Å². The highest BCUT2D eigenvalue weighted by atomic mass is 16.3. The lowest BCUT2D eigenvalue weighted by Crippen LogP contribution is -2.04. The minimum Gasteiger partial charge on any atom is -0.462 e. The zero-order valence-corrected chi connectivity index (χ0v) is 6.20. The van der Waals surface area contributed by atoms with Crippen LogP contribution in [-0.4, -0.2) is 5.91 Å². The van der Waals surface area contributed by atoms with Gasteiger partial charge >= 0.3 is 0 Å². The maximum Gasteiger partial charge on any atom is 0.241 e. The Morgan fingerprint density at radius 3 is 2.82 bits per heavy atom. The first-order chi connectivity index (χ1) is 5.18. The van der Waals surface area contributed by atoms with E-state index in [1.54, 1.807) is 6.07 Å². The average molecular weight is 151 g/mol. The zero-order valence-electron chi connectivity index (χ0n) is 6.20. The van der Waals surface area contributed by atoms with Crippen LogP contribution in [0.2, 0.25) is 0 Å². The molecule has 0 aliphatic heterocycles. The molecular formula is C8H9NO2. The lowest BCUT2D eigenvalue weighted by atomic mass is 10.4. The third kappa shape index (κ3) is 2.29. The van der Waals surface area contributed by atoms with E-state index >= 15 is 0 Å². The summed E-state index contributed by atoms with van der Waals surface area (Å²) < 4.78 is 5.14. The molecule has 0 radical (unpaired) electrons. The summed E-state index contributed by atoms with van der Waals surface area (Å²) in [6.07, 6.45) is 2.80. The number of hydrogen-bond acceptors (Lipinski definition) is 2. The molecule has 1 aromatic heterocycles. The molecule has 1 heterocycles. The van der Waals surface area contributed by atoms with Crippen molar-refractivity contribution in [1.82, 2.24) is 0 Å². The van der Waals surface area contributed by atoms with E-state index in [1.165, 1.54) is 12.2 Å². The molecule has 0 bridgehead atoms. The first kappa shape index (κ1) is 7.60. The van der Waals surface area contributed by atoms with E-state index in [2.05, 4.69) is 0 Å². The van der Waals surface area contributed by atoms with Crippen molar-refractivity contribution in [2.75, 3.05) is 0 Å². The molecule has 0 atom stereocenters. The van der Waals surface area contributed by atoms with Gasteiger partial charge in [-0.25, -0.2) is 0 Å². The summed E-state index contributed by atoms with van der Waals surface area (Å²) in [5, 5.41) is 0. The van der Waals surface area contributed by atoms with E-state index in [1.807, 2.05) is 13.0 Å². The fourth-order valence-corrected chi connectivity index (χ4v) is 0.707. The molecule has 0 saturated heterocycles. The van der Waals surface area contributed by atoms with Crippen molar-refractivity contribution < 1.29 is 9.21 Å². The van der Waals surface area contributed by atoms with E-state index in [9.17, 15) is 4.79 Å². The van der Waals surface area contributed by atoms with Crippen LogP contribution in [0.25, 0.3) is 6.08 Å². The van der Waals surface area contributed by atoms with Gasteiger partial charge in [0.2, 0.25) is 5.91 Å². The van der Waals surface area contributed by atoms with Crippen LogP contribution < -0.4 is 5.73 Å². The Morgan fingerprint density at radius 1 is 1.64 bits per heavy atom. The van der Waals surface area contributed by atoms with Crippen molar-refractivity contribution in [1.29, 1.82) is 0 Å². The summed E-state index contributed by atoms with van der Waals surface area (Å²) in [6.45, 7) is 1.83. The van der Waals surface area contributed by atoms with Gasteiger partial charge in [0.25, 0.3) is 0 Å². The van der Waals surface area contributed by atoms with Crippen molar-refractivity contribution >= 4 is 12.0 Å². The molecule has 0 saturated carbocycles. The second-order valence-corrected chi connectivity index (χ2v) is 2.18. The minimum absolute atomic E-state index is 0.473. The number of carbonyl (C=O) groups excluding carboxylic acids is 1. The van der Waals surface area contributed by atoms with Crippen molar-refractivity contribution in [3.8, 4) is 0 Å². The molecule has 1 rings (SSSR count). The summed E-state index contributed by atoms with van der Waals surface area (Å²) in [4.78, 5) is 10.3. The number of furan rings is 1. The second-order valence-electron chi connectivity index (χ2n) is 2.18. The molecule has 58 valence electrons. The van der Waals surface area contributed by atoms with Crippen LogP contribution in [0.5, 0.6) is 0 Å². The monoisotopic (exact) mass is 151 g/mol. The van der Waals surface area contributed by atoms with Gasteiger partial charge in [0.1, 0.15) is 11.5 Å². The van der Waals surface area contributed by atoms with E-state index in [0.29, 0.717) is 5.76 Å². The molecule has 0 unspecified atom stereocenters. The van der Waals surface area contributed by atoms with Gasteiger partial charge < -0.3 is 10.2 Å². The largest absolute Gasteiger partial charge is 0.462 e. The van der Waals surface area contributed by atoms with Crippen LogP contribution in [0, 0.1) is 6.92 Å². The topological polar surface area (TPSA) is 56.2 Å². The van der Waals surface area contributed by atoms with Gasteiger partial charge in [0, 0.05) is 6.08 Å². The van der Waals surface area contributed by atoms with E-state index in [-0.39, 0.29) is 0 Å². The number of hydrogen-bond donors (Lipinski definition) is 1. The van der Waals surface area contributed by atoms with Gasteiger partial charge in [-0.05, 0) is 25.1 Å². The summed E-state index contributed by atoms with van der Waals surface area (Å²) in [5.41, 5.74) is 4.88. The first-order valence-electron chi connectivity index (χ1n) is 3.22. The van der Waals surface area contributed by atoms with Gasteiger partial charge in [-0.3, -0.25) is 4.79 Å². The highest BCUT2D eigenvalue weighted by Gasteiger charge is 1.92. The quantitative estimate of drug-likeness (QED) is 0.643. The second kappa shape index (κ2) is 3.05. The lowest BCUT2D eigenvalue weighted by Gasteiger charge is -1.82. The Kier molecular flexibility index (Phi) is 2.11. The number of amides is 1. The standard InChI is InChI=1S/C8H9NO2/c1-6-2-3-7(11-6)4-5-8(9)10/h2-5H,1H3,(H2,9,10). The predicted molar refractivity (Wildman–Crippen MR) is 41.7 cm³/mol. The fraction of sp³-hybridized carbons (Fsp3) is 0.125. The Balaban J connectivity index is 2.71. The van der Waals surface area contributed by atoms with Crippen molar-refractivity contribution in [2.24, 2.45) is 5.73 Å². The summed E-state index contributed by atoms with van der Waals surface area (Å²) in [6, 6.07) is 3.59. The molecule has 2 N–H and O–H groups in total.